The molecule has 0 unspecified atom stereocenters. The van der Waals surface area contributed by atoms with E-state index < -0.39 is 40.6 Å². The van der Waals surface area contributed by atoms with Crippen LogP contribution in [0, 0.1) is 21.8 Å². The number of carbonyl (C=O) groups is 2. The molecule has 0 aromatic heterocycles. The van der Waals surface area contributed by atoms with E-state index in [1.54, 1.807) is 36.4 Å². The van der Waals surface area contributed by atoms with E-state index >= 15 is 0 Å². The Morgan fingerprint density at radius 1 is 0.939 bits per heavy atom. The lowest BCUT2D eigenvalue weighted by Crippen LogP contribution is -2.37. The van der Waals surface area contributed by atoms with Crippen LogP contribution in [0.3, 0.4) is 0 Å². The minimum absolute atomic E-state index is 0.154. The summed E-state index contributed by atoms with van der Waals surface area (Å²) in [6, 6.07) is 17.9. The van der Waals surface area contributed by atoms with Gasteiger partial charge in [0.05, 0.1) is 26.8 Å². The largest absolute Gasteiger partial charge is 0.273 e. The molecule has 166 valence electrons. The zero-order chi connectivity index (χ0) is 23.3. The molecule has 2 aliphatic heterocycles. The van der Waals surface area contributed by atoms with Crippen molar-refractivity contribution in [3.63, 3.8) is 0 Å². The number of para-hydroxylation sites is 1. The molecule has 3 aromatic rings. The Morgan fingerprint density at radius 2 is 1.64 bits per heavy atom. The SMILES string of the molecule is O=C1[C@H]2[C@H](ON(c3ccccc3)[C@@H]2c2ccc(F)c(Br)c2)C(=O)N1c1ccc([N+](=O)[O-])cc1. The number of imide groups is 1. The summed E-state index contributed by atoms with van der Waals surface area (Å²) in [6.07, 6.45) is -1.10. The summed E-state index contributed by atoms with van der Waals surface area (Å²) >= 11 is 3.18. The quantitative estimate of drug-likeness (QED) is 0.290. The van der Waals surface area contributed by atoms with Crippen molar-refractivity contribution in [1.82, 2.24) is 0 Å². The summed E-state index contributed by atoms with van der Waals surface area (Å²) in [5.41, 5.74) is 1.30. The van der Waals surface area contributed by atoms with Gasteiger partial charge in [-0.3, -0.25) is 24.5 Å². The van der Waals surface area contributed by atoms with Gasteiger partial charge >= 0.3 is 0 Å². The molecule has 10 heteroatoms. The van der Waals surface area contributed by atoms with E-state index in [1.807, 2.05) is 6.07 Å². The first-order valence-corrected chi connectivity index (χ1v) is 10.7. The highest BCUT2D eigenvalue weighted by molar-refractivity contribution is 9.10. The van der Waals surface area contributed by atoms with Crippen LogP contribution in [-0.4, -0.2) is 22.8 Å². The van der Waals surface area contributed by atoms with Crippen molar-refractivity contribution in [2.45, 2.75) is 12.1 Å². The van der Waals surface area contributed by atoms with Gasteiger partial charge < -0.3 is 0 Å². The number of non-ortho nitro benzene ring substituents is 1. The normalized spacial score (nSPS) is 22.1. The Hall–Kier alpha value is -3.63. The van der Waals surface area contributed by atoms with Gasteiger partial charge in [0.2, 0.25) is 5.91 Å². The van der Waals surface area contributed by atoms with Crippen LogP contribution < -0.4 is 9.96 Å². The van der Waals surface area contributed by atoms with Gasteiger partial charge in [-0.15, -0.1) is 0 Å². The Bertz CT molecular complexity index is 1270. The average molecular weight is 512 g/mol. The molecule has 2 fully saturated rings. The number of hydroxylamine groups is 1. The molecule has 8 nitrogen and oxygen atoms in total. The van der Waals surface area contributed by atoms with Crippen LogP contribution in [0.2, 0.25) is 0 Å². The third-order valence-electron chi connectivity index (χ3n) is 5.73. The van der Waals surface area contributed by atoms with Crippen molar-refractivity contribution in [2.24, 2.45) is 5.92 Å². The van der Waals surface area contributed by atoms with Crippen molar-refractivity contribution in [2.75, 3.05) is 9.96 Å². The summed E-state index contributed by atoms with van der Waals surface area (Å²) in [4.78, 5) is 44.1. The average Bonchev–Trinajstić information content (AvgIpc) is 3.32. The van der Waals surface area contributed by atoms with Gasteiger partial charge in [-0.05, 0) is 57.9 Å². The summed E-state index contributed by atoms with van der Waals surface area (Å²) in [7, 11) is 0. The Labute approximate surface area is 195 Å². The summed E-state index contributed by atoms with van der Waals surface area (Å²) in [5, 5.41) is 12.5. The van der Waals surface area contributed by atoms with Crippen molar-refractivity contribution in [3.8, 4) is 0 Å². The number of amides is 2. The Morgan fingerprint density at radius 3 is 2.27 bits per heavy atom. The number of benzene rings is 3. The lowest BCUT2D eigenvalue weighted by atomic mass is 9.90. The fourth-order valence-corrected chi connectivity index (χ4v) is 4.62. The van der Waals surface area contributed by atoms with E-state index in [0.717, 1.165) is 4.90 Å². The van der Waals surface area contributed by atoms with Crippen LogP contribution in [-0.2, 0) is 14.4 Å². The monoisotopic (exact) mass is 511 g/mol. The van der Waals surface area contributed by atoms with Crippen LogP contribution >= 0.6 is 15.9 Å². The number of halogens is 2. The number of nitro groups is 1. The van der Waals surface area contributed by atoms with E-state index in [2.05, 4.69) is 15.9 Å². The van der Waals surface area contributed by atoms with Gasteiger partial charge in [0.1, 0.15) is 11.7 Å². The number of hydrogen-bond donors (Lipinski definition) is 0. The van der Waals surface area contributed by atoms with Crippen molar-refractivity contribution in [3.05, 3.63) is 98.8 Å². The van der Waals surface area contributed by atoms with Crippen LogP contribution in [0.5, 0.6) is 0 Å². The fourth-order valence-electron chi connectivity index (χ4n) is 4.23. The Kier molecular flexibility index (Phi) is 5.18. The first-order valence-electron chi connectivity index (χ1n) is 9.95. The van der Waals surface area contributed by atoms with E-state index in [-0.39, 0.29) is 15.8 Å². The molecular formula is C23H15BrFN3O5. The van der Waals surface area contributed by atoms with E-state index in [4.69, 9.17) is 4.84 Å². The lowest BCUT2D eigenvalue weighted by Gasteiger charge is -2.28. The number of fused-ring (bicyclic) bond motifs is 1. The number of hydrogen-bond acceptors (Lipinski definition) is 6. The summed E-state index contributed by atoms with van der Waals surface area (Å²) in [5.74, 6) is -2.42. The number of nitro benzene ring substituents is 1. The smallest absolute Gasteiger partial charge is 0.269 e. The van der Waals surface area contributed by atoms with Gasteiger partial charge in [-0.25, -0.2) is 14.4 Å². The molecule has 2 aliphatic rings. The lowest BCUT2D eigenvalue weighted by molar-refractivity contribution is -0.384. The number of carbonyl (C=O) groups excluding carboxylic acids is 2. The fraction of sp³-hybridized carbons (Fsp3) is 0.130. The number of anilines is 2. The maximum Gasteiger partial charge on any atom is 0.269 e. The molecule has 2 saturated heterocycles. The molecule has 0 N–H and O–H groups in total. The first-order chi connectivity index (χ1) is 15.9. The zero-order valence-electron chi connectivity index (χ0n) is 16.8. The maximum atomic E-state index is 13.9. The summed E-state index contributed by atoms with van der Waals surface area (Å²) < 4.78 is 14.1. The summed E-state index contributed by atoms with van der Waals surface area (Å²) in [6.45, 7) is 0. The second-order valence-electron chi connectivity index (χ2n) is 7.62. The molecule has 33 heavy (non-hydrogen) atoms. The van der Waals surface area contributed by atoms with Crippen LogP contribution in [0.15, 0.2) is 77.3 Å². The van der Waals surface area contributed by atoms with Crippen molar-refractivity contribution in [1.29, 1.82) is 0 Å². The van der Waals surface area contributed by atoms with E-state index in [9.17, 15) is 24.1 Å². The molecule has 0 saturated carbocycles. The molecule has 2 heterocycles. The highest BCUT2D eigenvalue weighted by Crippen LogP contribution is 2.48. The zero-order valence-corrected chi connectivity index (χ0v) is 18.4. The third kappa shape index (κ3) is 3.47. The molecule has 0 radical (unpaired) electrons. The second kappa shape index (κ2) is 8.05. The first kappa shape index (κ1) is 21.2. The van der Waals surface area contributed by atoms with Crippen LogP contribution in [0.4, 0.5) is 21.5 Å². The molecule has 3 aromatic carbocycles. The Balaban J connectivity index is 1.57. The van der Waals surface area contributed by atoms with Gasteiger partial charge in [-0.2, -0.15) is 0 Å². The van der Waals surface area contributed by atoms with Crippen molar-refractivity contribution < 1.29 is 23.7 Å². The van der Waals surface area contributed by atoms with E-state index in [1.165, 1.54) is 35.4 Å². The third-order valence-corrected chi connectivity index (χ3v) is 6.34. The van der Waals surface area contributed by atoms with Gasteiger partial charge in [0, 0.05) is 12.1 Å². The molecule has 0 bridgehead atoms. The van der Waals surface area contributed by atoms with E-state index in [0.29, 0.717) is 11.3 Å². The highest BCUT2D eigenvalue weighted by atomic mass is 79.9. The van der Waals surface area contributed by atoms with Crippen LogP contribution in [0.25, 0.3) is 0 Å². The number of nitrogens with zero attached hydrogens (tertiary/aromatic N) is 3. The molecule has 2 amide bonds. The van der Waals surface area contributed by atoms with Gasteiger partial charge in [0.15, 0.2) is 6.10 Å². The maximum absolute atomic E-state index is 13.9. The molecular weight excluding hydrogens is 497 g/mol. The van der Waals surface area contributed by atoms with Crippen molar-refractivity contribution >= 4 is 44.8 Å². The molecule has 3 atom stereocenters. The standard InChI is InChI=1S/C23H15BrFN3O5/c24-17-12-13(6-11-18(17)25)20-19-21(33-27(20)15-4-2-1-3-5-15)23(30)26(22(19)29)14-7-9-16(10-8-14)28(31)32/h1-12,19-21H/t19-,20-,21+/m1/s1. The molecule has 0 aliphatic carbocycles. The van der Waals surface area contributed by atoms with Crippen LogP contribution in [0.1, 0.15) is 11.6 Å². The molecule has 5 rings (SSSR count). The topological polar surface area (TPSA) is 93.0 Å². The predicted molar refractivity (Wildman–Crippen MR) is 120 cm³/mol. The second-order valence-corrected chi connectivity index (χ2v) is 8.47. The minimum Gasteiger partial charge on any atom is -0.273 e. The van der Waals surface area contributed by atoms with Gasteiger partial charge in [-0.1, -0.05) is 24.3 Å². The highest BCUT2D eigenvalue weighted by Gasteiger charge is 2.60. The predicted octanol–water partition coefficient (Wildman–Crippen LogP) is 4.55. The minimum atomic E-state index is -1.10. The molecule has 0 spiro atoms. The van der Waals surface area contributed by atoms with Gasteiger partial charge in [0.25, 0.3) is 11.6 Å². The number of rotatable bonds is 4.